The maximum Gasteiger partial charge on any atom is 0.338 e. The van der Waals surface area contributed by atoms with E-state index < -0.39 is 0 Å². The maximum atomic E-state index is 12.9. The Morgan fingerprint density at radius 2 is 1.27 bits per heavy atom. The summed E-state index contributed by atoms with van der Waals surface area (Å²) in [6.07, 6.45) is 10.1. The van der Waals surface area contributed by atoms with Crippen LogP contribution in [0.1, 0.15) is 92.4 Å². The highest BCUT2D eigenvalue weighted by Crippen LogP contribution is 2.66. The van der Waals surface area contributed by atoms with E-state index in [9.17, 15) is 9.59 Å². The molecule has 6 rings (SSSR count). The Labute approximate surface area is 221 Å². The van der Waals surface area contributed by atoms with Crippen molar-refractivity contribution in [3.8, 4) is 0 Å². The molecule has 4 fully saturated rings. The van der Waals surface area contributed by atoms with Gasteiger partial charge < -0.3 is 9.47 Å². The van der Waals surface area contributed by atoms with Crippen molar-refractivity contribution in [1.82, 2.24) is 0 Å². The zero-order valence-corrected chi connectivity index (χ0v) is 22.2. The van der Waals surface area contributed by atoms with Gasteiger partial charge in [-0.15, -0.1) is 0 Å². The zero-order chi connectivity index (χ0) is 25.6. The molecular formula is C33H40O4. The van der Waals surface area contributed by atoms with E-state index in [1.165, 1.54) is 25.7 Å². The number of carbonyl (C=O) groups is 2. The minimum atomic E-state index is -0.182. The SMILES string of the molecule is C[C@]12CC[C@H](OC(=O)c3ccccc3)C[C@@H]1CC[C@@H]1[C@@H]2CC[C@]2(C)[C@@H](OC(=O)c3ccccc3)CC[C@@H]12. The van der Waals surface area contributed by atoms with Crippen molar-refractivity contribution in [2.24, 2.45) is 34.5 Å². The van der Waals surface area contributed by atoms with E-state index in [4.69, 9.17) is 9.47 Å². The first-order valence-electron chi connectivity index (χ1n) is 14.4. The minimum absolute atomic E-state index is 0.0184. The van der Waals surface area contributed by atoms with Crippen LogP contribution in [0.3, 0.4) is 0 Å². The van der Waals surface area contributed by atoms with Crippen LogP contribution in [0.25, 0.3) is 0 Å². The Morgan fingerprint density at radius 1 is 0.676 bits per heavy atom. The third-order valence-corrected chi connectivity index (χ3v) is 11.1. The number of esters is 2. The van der Waals surface area contributed by atoms with E-state index in [-0.39, 0.29) is 29.6 Å². The fraction of sp³-hybridized carbons (Fsp3) is 0.576. The first-order valence-corrected chi connectivity index (χ1v) is 14.4. The zero-order valence-electron chi connectivity index (χ0n) is 22.2. The van der Waals surface area contributed by atoms with Gasteiger partial charge in [-0.3, -0.25) is 0 Å². The largest absolute Gasteiger partial charge is 0.459 e. The molecule has 0 aromatic heterocycles. The summed E-state index contributed by atoms with van der Waals surface area (Å²) in [5.74, 6) is 2.33. The molecule has 0 bridgehead atoms. The fourth-order valence-electron chi connectivity index (χ4n) is 9.04. The van der Waals surface area contributed by atoms with Gasteiger partial charge in [0.1, 0.15) is 12.2 Å². The summed E-state index contributed by atoms with van der Waals surface area (Å²) in [5, 5.41) is 0. The lowest BCUT2D eigenvalue weighted by atomic mass is 9.45. The molecule has 0 spiro atoms. The normalized spacial score (nSPS) is 38.5. The summed E-state index contributed by atoms with van der Waals surface area (Å²) in [6, 6.07) is 18.8. The molecule has 0 N–H and O–H groups in total. The van der Waals surface area contributed by atoms with Crippen LogP contribution in [0.4, 0.5) is 0 Å². The predicted octanol–water partition coefficient (Wildman–Crippen LogP) is 7.48. The molecule has 0 amide bonds. The third kappa shape index (κ3) is 4.30. The molecule has 4 aliphatic carbocycles. The van der Waals surface area contributed by atoms with Crippen molar-refractivity contribution in [3.05, 3.63) is 71.8 Å². The van der Waals surface area contributed by atoms with Crippen LogP contribution < -0.4 is 0 Å². The van der Waals surface area contributed by atoms with Gasteiger partial charge in [-0.1, -0.05) is 50.2 Å². The Hall–Kier alpha value is -2.62. The number of hydrogen-bond acceptors (Lipinski definition) is 4. The molecule has 0 unspecified atom stereocenters. The Bertz CT molecular complexity index is 1130. The second-order valence-corrected chi connectivity index (χ2v) is 12.7. The van der Waals surface area contributed by atoms with Gasteiger partial charge in [0.25, 0.3) is 0 Å². The number of fused-ring (bicyclic) bond motifs is 5. The molecule has 2 aromatic carbocycles. The summed E-state index contributed by atoms with van der Waals surface area (Å²) in [4.78, 5) is 25.6. The molecule has 37 heavy (non-hydrogen) atoms. The summed E-state index contributed by atoms with van der Waals surface area (Å²) in [7, 11) is 0. The van der Waals surface area contributed by atoms with E-state index in [0.29, 0.717) is 34.3 Å². The van der Waals surface area contributed by atoms with Crippen molar-refractivity contribution >= 4 is 11.9 Å². The average Bonchev–Trinajstić information content (AvgIpc) is 3.25. The van der Waals surface area contributed by atoms with Gasteiger partial charge in [0.05, 0.1) is 11.1 Å². The van der Waals surface area contributed by atoms with Gasteiger partial charge in [0, 0.05) is 5.41 Å². The predicted molar refractivity (Wildman–Crippen MR) is 143 cm³/mol. The van der Waals surface area contributed by atoms with Gasteiger partial charge in [-0.2, -0.15) is 0 Å². The van der Waals surface area contributed by atoms with Crippen LogP contribution >= 0.6 is 0 Å². The van der Waals surface area contributed by atoms with Gasteiger partial charge in [-0.25, -0.2) is 9.59 Å². The van der Waals surface area contributed by atoms with Gasteiger partial charge in [0.15, 0.2) is 0 Å². The molecule has 0 heterocycles. The summed E-state index contributed by atoms with van der Waals surface area (Å²) in [5.41, 5.74) is 1.70. The molecule has 4 nitrogen and oxygen atoms in total. The van der Waals surface area contributed by atoms with Crippen LogP contribution in [-0.2, 0) is 9.47 Å². The number of carbonyl (C=O) groups excluding carboxylic acids is 2. The van der Waals surface area contributed by atoms with Crippen molar-refractivity contribution in [2.45, 2.75) is 83.8 Å². The highest BCUT2D eigenvalue weighted by atomic mass is 16.5. The monoisotopic (exact) mass is 500 g/mol. The highest BCUT2D eigenvalue weighted by molar-refractivity contribution is 5.89. The number of hydrogen-bond donors (Lipinski definition) is 0. The lowest BCUT2D eigenvalue weighted by Crippen LogP contribution is -2.55. The Balaban J connectivity index is 1.12. The summed E-state index contributed by atoms with van der Waals surface area (Å²) in [6.45, 7) is 4.94. The second-order valence-electron chi connectivity index (χ2n) is 12.7. The van der Waals surface area contributed by atoms with Crippen molar-refractivity contribution in [1.29, 1.82) is 0 Å². The molecule has 2 aromatic rings. The van der Waals surface area contributed by atoms with Gasteiger partial charge in [0.2, 0.25) is 0 Å². The summed E-state index contributed by atoms with van der Waals surface area (Å²) >= 11 is 0. The first kappa shape index (κ1) is 24.7. The number of ether oxygens (including phenoxy) is 2. The van der Waals surface area contributed by atoms with Crippen LogP contribution in [0.2, 0.25) is 0 Å². The molecule has 196 valence electrons. The fourth-order valence-corrected chi connectivity index (χ4v) is 9.04. The lowest BCUT2D eigenvalue weighted by molar-refractivity contribution is -0.135. The summed E-state index contributed by atoms with van der Waals surface area (Å²) < 4.78 is 12.2. The molecule has 0 radical (unpaired) electrons. The van der Waals surface area contributed by atoms with Crippen LogP contribution in [-0.4, -0.2) is 24.1 Å². The highest BCUT2D eigenvalue weighted by Gasteiger charge is 2.61. The van der Waals surface area contributed by atoms with Crippen LogP contribution in [0, 0.1) is 34.5 Å². The van der Waals surface area contributed by atoms with E-state index in [1.54, 1.807) is 0 Å². The molecular weight excluding hydrogens is 460 g/mol. The first-order chi connectivity index (χ1) is 17.9. The standard InChI is InChI=1S/C33H40O4/c1-32-19-17-25(36-30(34)22-9-5-3-6-10-22)21-24(32)13-14-26-27-15-16-29(33(27,2)20-18-28(26)32)37-31(35)23-11-7-4-8-12-23/h3-12,24-29H,13-21H2,1-2H3/t24-,25-,26-,27-,28-,29-,32-,33-/m0/s1. The van der Waals surface area contributed by atoms with E-state index >= 15 is 0 Å². The minimum Gasteiger partial charge on any atom is -0.459 e. The topological polar surface area (TPSA) is 52.6 Å². The van der Waals surface area contributed by atoms with E-state index in [0.717, 1.165) is 38.0 Å². The number of benzene rings is 2. The van der Waals surface area contributed by atoms with Crippen LogP contribution in [0.15, 0.2) is 60.7 Å². The van der Waals surface area contributed by atoms with Crippen molar-refractivity contribution < 1.29 is 19.1 Å². The Kier molecular flexibility index (Phi) is 6.41. The van der Waals surface area contributed by atoms with Crippen molar-refractivity contribution in [2.75, 3.05) is 0 Å². The molecule has 4 heteroatoms. The average molecular weight is 501 g/mol. The second kappa shape index (κ2) is 9.60. The third-order valence-electron chi connectivity index (χ3n) is 11.1. The Morgan fingerprint density at radius 3 is 1.95 bits per heavy atom. The maximum absolute atomic E-state index is 12.9. The van der Waals surface area contributed by atoms with Gasteiger partial charge in [-0.05, 0) is 111 Å². The molecule has 0 saturated heterocycles. The molecule has 4 saturated carbocycles. The van der Waals surface area contributed by atoms with Crippen molar-refractivity contribution in [3.63, 3.8) is 0 Å². The van der Waals surface area contributed by atoms with E-state index in [2.05, 4.69) is 13.8 Å². The molecule has 0 aliphatic heterocycles. The van der Waals surface area contributed by atoms with Crippen LogP contribution in [0.5, 0.6) is 0 Å². The quantitative estimate of drug-likeness (QED) is 0.408. The molecule has 8 atom stereocenters. The smallest absolute Gasteiger partial charge is 0.338 e. The molecule has 4 aliphatic rings. The van der Waals surface area contributed by atoms with Gasteiger partial charge >= 0.3 is 11.9 Å². The lowest BCUT2D eigenvalue weighted by Gasteiger charge is -2.60. The number of rotatable bonds is 4. The van der Waals surface area contributed by atoms with E-state index in [1.807, 2.05) is 60.7 Å².